The van der Waals surface area contributed by atoms with Gasteiger partial charge in [-0.2, -0.15) is 0 Å². The van der Waals surface area contributed by atoms with Crippen molar-refractivity contribution >= 4 is 11.7 Å². The highest BCUT2D eigenvalue weighted by Crippen LogP contribution is 2.25. The number of carbonyl (C=O) groups excluding carboxylic acids is 1. The third kappa shape index (κ3) is 4.07. The Kier molecular flexibility index (Phi) is 5.05. The summed E-state index contributed by atoms with van der Waals surface area (Å²) in [6, 6.07) is 11.1. The lowest BCUT2D eigenvalue weighted by Crippen LogP contribution is -2.14. The molecular weight excluding hydrogens is 385 g/mol. The van der Waals surface area contributed by atoms with Gasteiger partial charge in [-0.05, 0) is 61.9 Å². The Labute approximate surface area is 172 Å². The summed E-state index contributed by atoms with van der Waals surface area (Å²) in [5, 5.41) is 2.71. The number of amides is 1. The predicted molar refractivity (Wildman–Crippen MR) is 109 cm³/mol. The maximum absolute atomic E-state index is 13.2. The minimum Gasteiger partial charge on any atom is -0.435 e. The first-order valence-electron chi connectivity index (χ1n) is 9.22. The van der Waals surface area contributed by atoms with Gasteiger partial charge in [0.2, 0.25) is 5.76 Å². The molecule has 1 amide bonds. The maximum atomic E-state index is 13.2. The summed E-state index contributed by atoms with van der Waals surface area (Å²) in [5.41, 5.74) is 3.41. The van der Waals surface area contributed by atoms with Crippen LogP contribution in [-0.2, 0) is 0 Å². The summed E-state index contributed by atoms with van der Waals surface area (Å²) in [5.74, 6) is 0.134. The topological polar surface area (TPSA) is 93.8 Å². The van der Waals surface area contributed by atoms with Gasteiger partial charge in [-0.3, -0.25) is 4.79 Å². The highest BCUT2D eigenvalue weighted by atomic mass is 19.1. The van der Waals surface area contributed by atoms with E-state index in [1.165, 1.54) is 24.3 Å². The number of pyridine rings is 1. The molecule has 150 valence electrons. The number of oxazole rings is 1. The lowest BCUT2D eigenvalue weighted by molar-refractivity contribution is 0.0996. The first-order chi connectivity index (χ1) is 14.4. The van der Waals surface area contributed by atoms with Crippen LogP contribution in [0.2, 0.25) is 0 Å². The molecule has 7 nitrogen and oxygen atoms in total. The van der Waals surface area contributed by atoms with Crippen LogP contribution in [0.1, 0.15) is 27.7 Å². The van der Waals surface area contributed by atoms with E-state index >= 15 is 0 Å². The van der Waals surface area contributed by atoms with Crippen LogP contribution in [0.25, 0.3) is 22.8 Å². The van der Waals surface area contributed by atoms with E-state index in [2.05, 4.69) is 25.3 Å². The fraction of sp³-hybridized carbons (Fsp3) is 0.136. The van der Waals surface area contributed by atoms with Crippen molar-refractivity contribution < 1.29 is 13.6 Å². The average Bonchev–Trinajstić information content (AvgIpc) is 3.10. The number of halogens is 1. The van der Waals surface area contributed by atoms with Gasteiger partial charge >= 0.3 is 0 Å². The lowest BCUT2D eigenvalue weighted by Gasteiger charge is -2.07. The Morgan fingerprint density at radius 3 is 2.50 bits per heavy atom. The summed E-state index contributed by atoms with van der Waals surface area (Å²) in [4.78, 5) is 30.2. The minimum atomic E-state index is -0.520. The fourth-order valence-electron chi connectivity index (χ4n) is 3.07. The molecule has 0 aliphatic carbocycles. The van der Waals surface area contributed by atoms with Gasteiger partial charge in [0.05, 0.1) is 0 Å². The summed E-state index contributed by atoms with van der Waals surface area (Å²) in [6.45, 7) is 5.50. The van der Waals surface area contributed by atoms with Gasteiger partial charge in [0.1, 0.15) is 23.0 Å². The molecule has 4 aromatic rings. The van der Waals surface area contributed by atoms with Crippen molar-refractivity contribution in [3.8, 4) is 22.8 Å². The van der Waals surface area contributed by atoms with Crippen molar-refractivity contribution in [1.29, 1.82) is 0 Å². The molecule has 3 heterocycles. The van der Waals surface area contributed by atoms with Crippen molar-refractivity contribution in [2.24, 2.45) is 0 Å². The monoisotopic (exact) mass is 403 g/mol. The van der Waals surface area contributed by atoms with E-state index in [1.807, 2.05) is 26.0 Å². The third-order valence-electron chi connectivity index (χ3n) is 4.28. The average molecular weight is 403 g/mol. The zero-order valence-electron chi connectivity index (χ0n) is 16.6. The van der Waals surface area contributed by atoms with Crippen LogP contribution in [-0.4, -0.2) is 25.8 Å². The molecule has 4 rings (SSSR count). The number of nitrogens with one attached hydrogen (secondary N) is 1. The SMILES string of the molecule is Cc1cc(C)nc(-c2nccc(NC(=O)c3oc(C)nc3-c3ccc(F)cc3)n2)c1. The molecule has 0 saturated carbocycles. The van der Waals surface area contributed by atoms with E-state index in [9.17, 15) is 9.18 Å². The molecule has 0 unspecified atom stereocenters. The number of carbonyl (C=O) groups is 1. The van der Waals surface area contributed by atoms with Gasteiger partial charge in [-0.15, -0.1) is 0 Å². The summed E-state index contributed by atoms with van der Waals surface area (Å²) in [6.07, 6.45) is 1.55. The van der Waals surface area contributed by atoms with E-state index in [0.29, 0.717) is 34.5 Å². The van der Waals surface area contributed by atoms with E-state index in [0.717, 1.165) is 11.3 Å². The molecule has 0 saturated heterocycles. The normalized spacial score (nSPS) is 10.8. The number of aryl methyl sites for hydroxylation is 3. The quantitative estimate of drug-likeness (QED) is 0.539. The second-order valence-electron chi connectivity index (χ2n) is 6.81. The van der Waals surface area contributed by atoms with E-state index < -0.39 is 5.91 Å². The van der Waals surface area contributed by atoms with Gasteiger partial charge in [0, 0.05) is 24.4 Å². The van der Waals surface area contributed by atoms with Crippen molar-refractivity contribution in [3.63, 3.8) is 0 Å². The number of aromatic nitrogens is 4. The zero-order valence-corrected chi connectivity index (χ0v) is 16.6. The van der Waals surface area contributed by atoms with E-state index in [1.54, 1.807) is 19.2 Å². The molecule has 3 aromatic heterocycles. The van der Waals surface area contributed by atoms with Gasteiger partial charge in [0.25, 0.3) is 5.91 Å². The molecule has 0 spiro atoms. The summed E-state index contributed by atoms with van der Waals surface area (Å²) >= 11 is 0. The van der Waals surface area contributed by atoms with Crippen LogP contribution >= 0.6 is 0 Å². The van der Waals surface area contributed by atoms with Gasteiger partial charge < -0.3 is 9.73 Å². The molecule has 0 fully saturated rings. The predicted octanol–water partition coefficient (Wildman–Crippen LogP) is 4.51. The zero-order chi connectivity index (χ0) is 21.3. The van der Waals surface area contributed by atoms with Crippen LogP contribution in [0.5, 0.6) is 0 Å². The largest absolute Gasteiger partial charge is 0.435 e. The first-order valence-corrected chi connectivity index (χ1v) is 9.22. The van der Waals surface area contributed by atoms with Crippen molar-refractivity contribution in [1.82, 2.24) is 19.9 Å². The Hall–Kier alpha value is -3.94. The summed E-state index contributed by atoms with van der Waals surface area (Å²) in [7, 11) is 0. The molecule has 0 bridgehead atoms. The molecule has 8 heteroatoms. The first kappa shape index (κ1) is 19.4. The number of benzene rings is 1. The number of rotatable bonds is 4. The second-order valence-corrected chi connectivity index (χ2v) is 6.81. The van der Waals surface area contributed by atoms with Crippen LogP contribution in [0.15, 0.2) is 53.1 Å². The molecule has 30 heavy (non-hydrogen) atoms. The molecule has 0 aliphatic heterocycles. The van der Waals surface area contributed by atoms with E-state index in [4.69, 9.17) is 4.42 Å². The maximum Gasteiger partial charge on any atom is 0.294 e. The van der Waals surface area contributed by atoms with Crippen LogP contribution in [0.4, 0.5) is 10.2 Å². The smallest absolute Gasteiger partial charge is 0.294 e. The molecule has 0 atom stereocenters. The van der Waals surface area contributed by atoms with Crippen molar-refractivity contribution in [3.05, 3.63) is 77.4 Å². The van der Waals surface area contributed by atoms with Crippen molar-refractivity contribution in [2.45, 2.75) is 20.8 Å². The van der Waals surface area contributed by atoms with E-state index in [-0.39, 0.29) is 11.6 Å². The van der Waals surface area contributed by atoms with Crippen LogP contribution in [0, 0.1) is 26.6 Å². The second kappa shape index (κ2) is 7.82. The van der Waals surface area contributed by atoms with Gasteiger partial charge in [-0.1, -0.05) is 0 Å². The molecule has 0 aliphatic rings. The van der Waals surface area contributed by atoms with Gasteiger partial charge in [0.15, 0.2) is 11.7 Å². The Morgan fingerprint density at radius 2 is 1.77 bits per heavy atom. The Bertz CT molecular complexity index is 1210. The number of anilines is 1. The highest BCUT2D eigenvalue weighted by Gasteiger charge is 2.21. The number of nitrogens with zero attached hydrogens (tertiary/aromatic N) is 4. The standard InChI is InChI=1S/C22H18FN5O2/c1-12-10-13(2)25-17(11-12)21-24-9-8-18(27-21)28-22(29)20-19(26-14(3)30-20)15-4-6-16(23)7-5-15/h4-11H,1-3H3,(H,24,27,28,29). The molecule has 1 N–H and O–H groups in total. The fourth-order valence-corrected chi connectivity index (χ4v) is 3.07. The minimum absolute atomic E-state index is 0.0174. The van der Waals surface area contributed by atoms with Crippen molar-refractivity contribution in [2.75, 3.05) is 5.32 Å². The number of hydrogen-bond acceptors (Lipinski definition) is 6. The Morgan fingerprint density at radius 1 is 1.00 bits per heavy atom. The highest BCUT2D eigenvalue weighted by molar-refractivity contribution is 6.05. The number of hydrogen-bond donors (Lipinski definition) is 1. The molecular formula is C22H18FN5O2. The van der Waals surface area contributed by atoms with Gasteiger partial charge in [-0.25, -0.2) is 24.3 Å². The van der Waals surface area contributed by atoms with Crippen LogP contribution < -0.4 is 5.32 Å². The molecule has 0 radical (unpaired) electrons. The molecule has 1 aromatic carbocycles. The summed E-state index contributed by atoms with van der Waals surface area (Å²) < 4.78 is 18.7. The lowest BCUT2D eigenvalue weighted by atomic mass is 10.1. The Balaban J connectivity index is 1.63. The van der Waals surface area contributed by atoms with Crippen LogP contribution in [0.3, 0.4) is 0 Å². The third-order valence-corrected chi connectivity index (χ3v) is 4.28.